The summed E-state index contributed by atoms with van der Waals surface area (Å²) < 4.78 is 5.63. The highest BCUT2D eigenvalue weighted by Gasteiger charge is 2.28. The van der Waals surface area contributed by atoms with E-state index in [1.165, 1.54) is 0 Å². The fourth-order valence-corrected chi connectivity index (χ4v) is 3.44. The normalized spacial score (nSPS) is 25.5. The second kappa shape index (κ2) is 9.99. The zero-order valence-electron chi connectivity index (χ0n) is 15.2. The predicted molar refractivity (Wildman–Crippen MR) is 93.7 cm³/mol. The highest BCUT2D eigenvalue weighted by atomic mass is 16.5. The molecule has 2 aliphatic heterocycles. The van der Waals surface area contributed by atoms with Gasteiger partial charge in [-0.15, -0.1) is 0 Å². The first-order valence-electron chi connectivity index (χ1n) is 9.53. The molecule has 24 heavy (non-hydrogen) atoms. The van der Waals surface area contributed by atoms with Crippen molar-refractivity contribution in [3.63, 3.8) is 0 Å². The number of amides is 2. The lowest BCUT2D eigenvalue weighted by atomic mass is 9.97. The molecule has 6 heteroatoms. The predicted octanol–water partition coefficient (Wildman–Crippen LogP) is 1.30. The van der Waals surface area contributed by atoms with Gasteiger partial charge in [-0.3, -0.25) is 9.59 Å². The van der Waals surface area contributed by atoms with E-state index in [9.17, 15) is 9.59 Å². The summed E-state index contributed by atoms with van der Waals surface area (Å²) >= 11 is 0. The molecule has 0 spiro atoms. The number of nitrogens with one attached hydrogen (secondary N) is 2. The van der Waals surface area contributed by atoms with Crippen LogP contribution in [0.1, 0.15) is 52.4 Å². The molecule has 0 bridgehead atoms. The lowest BCUT2D eigenvalue weighted by Crippen LogP contribution is -2.48. The third-order valence-electron chi connectivity index (χ3n) is 4.99. The van der Waals surface area contributed by atoms with E-state index in [1.54, 1.807) is 0 Å². The van der Waals surface area contributed by atoms with Crippen LogP contribution in [0.25, 0.3) is 0 Å². The van der Waals surface area contributed by atoms with Crippen LogP contribution in [0.15, 0.2) is 0 Å². The van der Waals surface area contributed by atoms with Crippen molar-refractivity contribution in [2.45, 2.75) is 64.5 Å². The Hall–Kier alpha value is -1.14. The Balaban J connectivity index is 1.72. The molecule has 2 amide bonds. The van der Waals surface area contributed by atoms with Gasteiger partial charge >= 0.3 is 0 Å². The number of rotatable bonds is 8. The van der Waals surface area contributed by atoms with Gasteiger partial charge in [-0.1, -0.05) is 13.3 Å². The number of likely N-dealkylation sites (tertiary alicyclic amines) is 1. The van der Waals surface area contributed by atoms with Crippen LogP contribution < -0.4 is 10.6 Å². The molecular weight excluding hydrogens is 306 g/mol. The van der Waals surface area contributed by atoms with Gasteiger partial charge in [0.05, 0.1) is 6.04 Å². The van der Waals surface area contributed by atoms with E-state index in [-0.39, 0.29) is 24.0 Å². The quantitative estimate of drug-likeness (QED) is 0.654. The minimum Gasteiger partial charge on any atom is -0.369 e. The van der Waals surface area contributed by atoms with Crippen molar-refractivity contribution in [3.8, 4) is 0 Å². The monoisotopic (exact) mass is 339 g/mol. The van der Waals surface area contributed by atoms with E-state index in [0.29, 0.717) is 19.1 Å². The molecule has 2 fully saturated rings. The van der Waals surface area contributed by atoms with Crippen LogP contribution in [-0.2, 0) is 14.3 Å². The number of nitrogens with zero attached hydrogens (tertiary/aromatic N) is 1. The molecule has 2 saturated heterocycles. The van der Waals surface area contributed by atoms with Crippen molar-refractivity contribution in [2.75, 3.05) is 32.8 Å². The standard InChI is InChI=1S/C18H33N3O3/c1-3-4-11-24-14(2)18(23)21-10-6-7-15(13-21)12-20-17(22)16-8-5-9-19-16/h14-16,19H,3-13H2,1-2H3,(H,20,22). The second-order valence-electron chi connectivity index (χ2n) is 7.05. The van der Waals surface area contributed by atoms with Gasteiger partial charge in [0.15, 0.2) is 0 Å². The number of ether oxygens (including phenoxy) is 1. The molecule has 0 radical (unpaired) electrons. The van der Waals surface area contributed by atoms with Crippen LogP contribution in [0.4, 0.5) is 0 Å². The van der Waals surface area contributed by atoms with Crippen LogP contribution in [0.3, 0.4) is 0 Å². The molecule has 0 aromatic carbocycles. The molecule has 0 aromatic rings. The molecule has 0 aliphatic carbocycles. The number of piperidine rings is 1. The average Bonchev–Trinajstić information content (AvgIpc) is 3.14. The molecule has 2 rings (SSSR count). The molecule has 3 atom stereocenters. The molecule has 2 N–H and O–H groups in total. The number of hydrogen-bond donors (Lipinski definition) is 2. The first kappa shape index (κ1) is 19.2. The number of carbonyl (C=O) groups excluding carboxylic acids is 2. The smallest absolute Gasteiger partial charge is 0.251 e. The topological polar surface area (TPSA) is 70.7 Å². The van der Waals surface area contributed by atoms with Crippen LogP contribution in [-0.4, -0.2) is 61.6 Å². The van der Waals surface area contributed by atoms with Crippen LogP contribution in [0.5, 0.6) is 0 Å². The van der Waals surface area contributed by atoms with Gasteiger partial charge in [0, 0.05) is 26.2 Å². The van der Waals surface area contributed by atoms with Crippen LogP contribution in [0, 0.1) is 5.92 Å². The van der Waals surface area contributed by atoms with E-state index < -0.39 is 0 Å². The largest absolute Gasteiger partial charge is 0.369 e. The van der Waals surface area contributed by atoms with Crippen molar-refractivity contribution in [3.05, 3.63) is 0 Å². The number of unbranched alkanes of at least 4 members (excludes halogenated alkanes) is 1. The van der Waals surface area contributed by atoms with Gasteiger partial charge in [0.1, 0.15) is 6.10 Å². The summed E-state index contributed by atoms with van der Waals surface area (Å²) in [4.78, 5) is 26.5. The average molecular weight is 339 g/mol. The van der Waals surface area contributed by atoms with Gasteiger partial charge in [0.25, 0.3) is 5.91 Å². The minimum absolute atomic E-state index is 0.0293. The molecule has 2 heterocycles. The maximum absolute atomic E-state index is 12.5. The SMILES string of the molecule is CCCCOC(C)C(=O)N1CCCC(CNC(=O)C2CCCN2)C1. The highest BCUT2D eigenvalue weighted by Crippen LogP contribution is 2.17. The second-order valence-corrected chi connectivity index (χ2v) is 7.05. The Labute approximate surface area is 145 Å². The minimum atomic E-state index is -0.368. The van der Waals surface area contributed by atoms with E-state index in [4.69, 9.17) is 4.74 Å². The van der Waals surface area contributed by atoms with Crippen molar-refractivity contribution in [1.29, 1.82) is 0 Å². The molecule has 3 unspecified atom stereocenters. The third kappa shape index (κ3) is 5.74. The number of carbonyl (C=O) groups is 2. The summed E-state index contributed by atoms with van der Waals surface area (Å²) in [6.07, 6.45) is 5.74. The summed E-state index contributed by atoms with van der Waals surface area (Å²) in [7, 11) is 0. The van der Waals surface area contributed by atoms with E-state index in [2.05, 4.69) is 17.6 Å². The molecule has 6 nitrogen and oxygen atoms in total. The first-order chi connectivity index (χ1) is 11.6. The summed E-state index contributed by atoms with van der Waals surface area (Å²) in [5, 5.41) is 6.27. The summed E-state index contributed by atoms with van der Waals surface area (Å²) in [5.41, 5.74) is 0. The van der Waals surface area contributed by atoms with Gasteiger partial charge in [-0.05, 0) is 51.5 Å². The summed E-state index contributed by atoms with van der Waals surface area (Å²) in [6, 6.07) is -0.0293. The lowest BCUT2D eigenvalue weighted by Gasteiger charge is -2.34. The van der Waals surface area contributed by atoms with Crippen molar-refractivity contribution < 1.29 is 14.3 Å². The maximum Gasteiger partial charge on any atom is 0.251 e. The summed E-state index contributed by atoms with van der Waals surface area (Å²) in [6.45, 7) is 7.71. The third-order valence-corrected chi connectivity index (χ3v) is 4.99. The van der Waals surface area contributed by atoms with Crippen molar-refractivity contribution in [1.82, 2.24) is 15.5 Å². The maximum atomic E-state index is 12.5. The fourth-order valence-electron chi connectivity index (χ4n) is 3.44. The van der Waals surface area contributed by atoms with Crippen molar-refractivity contribution >= 4 is 11.8 Å². The zero-order valence-corrected chi connectivity index (χ0v) is 15.2. The van der Waals surface area contributed by atoms with Gasteiger partial charge in [0.2, 0.25) is 5.91 Å². The Morgan fingerprint density at radius 2 is 2.17 bits per heavy atom. The van der Waals surface area contributed by atoms with Gasteiger partial charge in [-0.2, -0.15) is 0 Å². The van der Waals surface area contributed by atoms with Crippen molar-refractivity contribution in [2.24, 2.45) is 5.92 Å². The van der Waals surface area contributed by atoms with Crippen LogP contribution in [0.2, 0.25) is 0 Å². The molecule has 0 saturated carbocycles. The Morgan fingerprint density at radius 1 is 1.33 bits per heavy atom. The summed E-state index contributed by atoms with van der Waals surface area (Å²) in [5.74, 6) is 0.530. The molecule has 0 aromatic heterocycles. The van der Waals surface area contributed by atoms with E-state index in [0.717, 1.165) is 58.2 Å². The molecule has 2 aliphatic rings. The van der Waals surface area contributed by atoms with Gasteiger partial charge < -0.3 is 20.3 Å². The Morgan fingerprint density at radius 3 is 2.88 bits per heavy atom. The Bertz CT molecular complexity index is 410. The lowest BCUT2D eigenvalue weighted by molar-refractivity contribution is -0.144. The molecule has 138 valence electrons. The highest BCUT2D eigenvalue weighted by molar-refractivity contribution is 5.82. The van der Waals surface area contributed by atoms with E-state index in [1.807, 2.05) is 11.8 Å². The fraction of sp³-hybridized carbons (Fsp3) is 0.889. The zero-order chi connectivity index (χ0) is 17.4. The first-order valence-corrected chi connectivity index (χ1v) is 9.53. The number of hydrogen-bond acceptors (Lipinski definition) is 4. The Kier molecular flexibility index (Phi) is 7.99. The van der Waals surface area contributed by atoms with E-state index >= 15 is 0 Å². The van der Waals surface area contributed by atoms with Gasteiger partial charge in [-0.25, -0.2) is 0 Å². The molecular formula is C18H33N3O3. The van der Waals surface area contributed by atoms with Crippen LogP contribution >= 0.6 is 0 Å².